The molecule has 2 aromatic heterocycles. The van der Waals surface area contributed by atoms with Gasteiger partial charge >= 0.3 is 0 Å². The van der Waals surface area contributed by atoms with E-state index in [2.05, 4.69) is 11.6 Å². The van der Waals surface area contributed by atoms with E-state index in [0.717, 1.165) is 0 Å². The van der Waals surface area contributed by atoms with Crippen molar-refractivity contribution in [3.8, 4) is 11.5 Å². The summed E-state index contributed by atoms with van der Waals surface area (Å²) in [4.78, 5) is 32.9. The van der Waals surface area contributed by atoms with E-state index in [1.807, 2.05) is 13.0 Å². The monoisotopic (exact) mass is 460 g/mol. The molecule has 1 atom stereocenters. The summed E-state index contributed by atoms with van der Waals surface area (Å²) in [5.74, 6) is 0.694. The van der Waals surface area contributed by atoms with Gasteiger partial charge in [0.05, 0.1) is 23.6 Å². The van der Waals surface area contributed by atoms with Crippen LogP contribution in [0.1, 0.15) is 34.6 Å². The normalized spacial score (nSPS) is 15.0. The van der Waals surface area contributed by atoms with Gasteiger partial charge in [-0.1, -0.05) is 30.9 Å². The first-order valence-electron chi connectivity index (χ1n) is 10.4. The van der Waals surface area contributed by atoms with E-state index in [0.29, 0.717) is 46.4 Å². The first-order valence-corrected chi connectivity index (χ1v) is 11.3. The number of aromatic nitrogens is 1. The summed E-state index contributed by atoms with van der Waals surface area (Å²) in [5.41, 5.74) is 1.11. The fourth-order valence-electron chi connectivity index (χ4n) is 4.00. The van der Waals surface area contributed by atoms with Gasteiger partial charge in [0.25, 0.3) is 5.91 Å². The number of hydrogen-bond acceptors (Lipinski definition) is 7. The first kappa shape index (κ1) is 21.0. The van der Waals surface area contributed by atoms with Crippen LogP contribution in [0.5, 0.6) is 11.5 Å². The number of ether oxygens (including phenoxy) is 2. The Kier molecular flexibility index (Phi) is 5.43. The number of anilines is 1. The van der Waals surface area contributed by atoms with Crippen LogP contribution in [-0.4, -0.2) is 24.1 Å². The Labute approximate surface area is 193 Å². The van der Waals surface area contributed by atoms with Crippen LogP contribution in [-0.2, 0) is 0 Å². The standard InChI is InChI=1S/C25H20N2O5S/c1-3-12-31-18-10-9-15(14-19(18)30-4-2)21-20-22(28)16-7-5-6-8-17(16)32-23(20)24(29)27(21)25-26-11-13-33-25/h3,5-11,13-14,21H,1,4,12H2,2H3/t21-/m1/s1. The maximum absolute atomic E-state index is 13.6. The van der Waals surface area contributed by atoms with Crippen molar-refractivity contribution in [2.75, 3.05) is 18.1 Å². The molecule has 1 aliphatic rings. The fourth-order valence-corrected chi connectivity index (χ4v) is 4.67. The van der Waals surface area contributed by atoms with E-state index >= 15 is 0 Å². The second-order valence-electron chi connectivity index (χ2n) is 7.30. The number of carbonyl (C=O) groups is 1. The SMILES string of the molecule is C=CCOc1ccc([C@@H]2c3c(oc4ccccc4c3=O)C(=O)N2c2nccs2)cc1OCC. The van der Waals surface area contributed by atoms with Gasteiger partial charge in [-0.05, 0) is 36.8 Å². The second kappa shape index (κ2) is 8.55. The number of nitrogens with zero attached hydrogens (tertiary/aromatic N) is 2. The number of rotatable bonds is 7. The van der Waals surface area contributed by atoms with Crippen LogP contribution in [0.15, 0.2) is 75.9 Å². The topological polar surface area (TPSA) is 81.9 Å². The molecule has 0 saturated carbocycles. The number of hydrogen-bond donors (Lipinski definition) is 0. The van der Waals surface area contributed by atoms with Gasteiger partial charge in [-0.25, -0.2) is 4.98 Å². The van der Waals surface area contributed by atoms with Crippen molar-refractivity contribution in [1.29, 1.82) is 0 Å². The highest BCUT2D eigenvalue weighted by Gasteiger charge is 2.45. The first-order chi connectivity index (χ1) is 16.1. The third-order valence-corrected chi connectivity index (χ3v) is 6.11. The van der Waals surface area contributed by atoms with E-state index in [-0.39, 0.29) is 16.8 Å². The van der Waals surface area contributed by atoms with Crippen molar-refractivity contribution in [2.24, 2.45) is 0 Å². The highest BCUT2D eigenvalue weighted by Crippen LogP contribution is 2.43. The largest absolute Gasteiger partial charge is 0.490 e. The highest BCUT2D eigenvalue weighted by atomic mass is 32.1. The van der Waals surface area contributed by atoms with Crippen molar-refractivity contribution in [3.63, 3.8) is 0 Å². The van der Waals surface area contributed by atoms with Crippen molar-refractivity contribution in [2.45, 2.75) is 13.0 Å². The van der Waals surface area contributed by atoms with Crippen molar-refractivity contribution >= 4 is 33.3 Å². The summed E-state index contributed by atoms with van der Waals surface area (Å²) >= 11 is 1.32. The minimum Gasteiger partial charge on any atom is -0.490 e. The van der Waals surface area contributed by atoms with Crippen molar-refractivity contribution in [3.05, 3.63) is 93.8 Å². The molecule has 33 heavy (non-hydrogen) atoms. The average molecular weight is 461 g/mol. The van der Waals surface area contributed by atoms with Crippen LogP contribution in [0.3, 0.4) is 0 Å². The molecule has 8 heteroatoms. The molecule has 166 valence electrons. The Balaban J connectivity index is 1.74. The molecule has 7 nitrogen and oxygen atoms in total. The molecule has 1 amide bonds. The Morgan fingerprint density at radius 1 is 1.18 bits per heavy atom. The average Bonchev–Trinajstić information content (AvgIpc) is 3.45. The maximum atomic E-state index is 13.6. The predicted octanol–water partition coefficient (Wildman–Crippen LogP) is 4.96. The molecule has 4 aromatic rings. The zero-order chi connectivity index (χ0) is 22.9. The minimum absolute atomic E-state index is 0.0313. The van der Waals surface area contributed by atoms with Crippen LogP contribution in [0.4, 0.5) is 5.13 Å². The van der Waals surface area contributed by atoms with Gasteiger partial charge in [0, 0.05) is 11.6 Å². The van der Waals surface area contributed by atoms with Crippen LogP contribution in [0, 0.1) is 0 Å². The number of fused-ring (bicyclic) bond motifs is 2. The van der Waals surface area contributed by atoms with E-state index in [4.69, 9.17) is 13.9 Å². The van der Waals surface area contributed by atoms with Crippen LogP contribution in [0.25, 0.3) is 11.0 Å². The van der Waals surface area contributed by atoms with Crippen LogP contribution in [0.2, 0.25) is 0 Å². The summed E-state index contributed by atoms with van der Waals surface area (Å²) in [6.07, 6.45) is 3.27. The number of carbonyl (C=O) groups excluding carboxylic acids is 1. The molecular formula is C25H20N2O5S. The van der Waals surface area contributed by atoms with Gasteiger partial charge in [0.2, 0.25) is 5.76 Å². The fraction of sp³-hybridized carbons (Fsp3) is 0.160. The quantitative estimate of drug-likeness (QED) is 0.363. The smallest absolute Gasteiger partial charge is 0.297 e. The molecule has 0 spiro atoms. The summed E-state index contributed by atoms with van der Waals surface area (Å²) in [7, 11) is 0. The van der Waals surface area contributed by atoms with E-state index in [9.17, 15) is 9.59 Å². The van der Waals surface area contributed by atoms with E-state index in [1.54, 1.807) is 54.1 Å². The number of para-hydroxylation sites is 1. The Hall–Kier alpha value is -3.91. The lowest BCUT2D eigenvalue weighted by Gasteiger charge is -2.23. The van der Waals surface area contributed by atoms with Crippen molar-refractivity contribution in [1.82, 2.24) is 4.98 Å². The van der Waals surface area contributed by atoms with E-state index < -0.39 is 11.9 Å². The predicted molar refractivity (Wildman–Crippen MR) is 127 cm³/mol. The summed E-state index contributed by atoms with van der Waals surface area (Å²) in [6.45, 7) is 6.31. The summed E-state index contributed by atoms with van der Waals surface area (Å²) in [5, 5.41) is 2.68. The summed E-state index contributed by atoms with van der Waals surface area (Å²) < 4.78 is 17.5. The second-order valence-corrected chi connectivity index (χ2v) is 8.17. The molecular weight excluding hydrogens is 440 g/mol. The lowest BCUT2D eigenvalue weighted by molar-refractivity contribution is 0.0971. The molecule has 5 rings (SSSR count). The molecule has 2 aromatic carbocycles. The Morgan fingerprint density at radius 2 is 2.03 bits per heavy atom. The lowest BCUT2D eigenvalue weighted by Crippen LogP contribution is -2.29. The van der Waals surface area contributed by atoms with Gasteiger partial charge in [-0.3, -0.25) is 14.5 Å². The van der Waals surface area contributed by atoms with Gasteiger partial charge in [0.15, 0.2) is 22.1 Å². The molecule has 0 N–H and O–H groups in total. The third-order valence-electron chi connectivity index (χ3n) is 5.34. The van der Waals surface area contributed by atoms with Gasteiger partial charge in [0.1, 0.15) is 12.2 Å². The summed E-state index contributed by atoms with van der Waals surface area (Å²) in [6, 6.07) is 11.6. The Bertz CT molecular complexity index is 1410. The molecule has 3 heterocycles. The molecule has 0 bridgehead atoms. The van der Waals surface area contributed by atoms with Crippen LogP contribution >= 0.6 is 11.3 Å². The number of benzene rings is 2. The molecule has 0 fully saturated rings. The van der Waals surface area contributed by atoms with Gasteiger partial charge in [-0.2, -0.15) is 0 Å². The number of thiazole rings is 1. The van der Waals surface area contributed by atoms with Gasteiger partial charge in [-0.15, -0.1) is 11.3 Å². The highest BCUT2D eigenvalue weighted by molar-refractivity contribution is 7.13. The zero-order valence-electron chi connectivity index (χ0n) is 17.8. The van der Waals surface area contributed by atoms with E-state index in [1.165, 1.54) is 16.2 Å². The number of amides is 1. The molecule has 0 aliphatic carbocycles. The molecule has 0 radical (unpaired) electrons. The minimum atomic E-state index is -0.716. The Morgan fingerprint density at radius 3 is 2.79 bits per heavy atom. The van der Waals surface area contributed by atoms with Crippen LogP contribution < -0.4 is 19.8 Å². The maximum Gasteiger partial charge on any atom is 0.297 e. The zero-order valence-corrected chi connectivity index (χ0v) is 18.6. The van der Waals surface area contributed by atoms with Crippen molar-refractivity contribution < 1.29 is 18.7 Å². The molecule has 0 unspecified atom stereocenters. The van der Waals surface area contributed by atoms with Gasteiger partial charge < -0.3 is 13.9 Å². The third kappa shape index (κ3) is 3.48. The lowest BCUT2D eigenvalue weighted by atomic mass is 9.98. The molecule has 1 aliphatic heterocycles. The molecule has 0 saturated heterocycles.